The summed E-state index contributed by atoms with van der Waals surface area (Å²) in [5.74, 6) is -1.08. The predicted molar refractivity (Wildman–Crippen MR) is 66.0 cm³/mol. The van der Waals surface area contributed by atoms with Crippen LogP contribution >= 0.6 is 0 Å². The summed E-state index contributed by atoms with van der Waals surface area (Å²) in [6, 6.07) is 9.57. The molecule has 1 rings (SSSR count). The van der Waals surface area contributed by atoms with Crippen LogP contribution in [0, 0.1) is 0 Å². The van der Waals surface area contributed by atoms with Crippen molar-refractivity contribution in [3.8, 4) is 0 Å². The van der Waals surface area contributed by atoms with E-state index in [1.54, 1.807) is 0 Å². The molecule has 1 aromatic rings. The van der Waals surface area contributed by atoms with Crippen molar-refractivity contribution < 1.29 is 19.4 Å². The summed E-state index contributed by atoms with van der Waals surface area (Å²) in [6.45, 7) is 0.741. The second-order valence-corrected chi connectivity index (χ2v) is 3.83. The molecule has 5 heteroatoms. The maximum atomic E-state index is 11.3. The Kier molecular flexibility index (Phi) is 6.50. The first kappa shape index (κ1) is 14.2. The lowest BCUT2D eigenvalue weighted by molar-refractivity contribution is -0.137. The van der Waals surface area contributed by atoms with Crippen LogP contribution in [-0.4, -0.2) is 30.1 Å². The van der Waals surface area contributed by atoms with Crippen LogP contribution in [-0.2, 0) is 20.9 Å². The third-order valence-electron chi connectivity index (χ3n) is 2.23. The maximum Gasteiger partial charge on any atom is 0.303 e. The van der Waals surface area contributed by atoms with Gasteiger partial charge in [0.1, 0.15) is 6.61 Å². The molecule has 0 atom stereocenters. The summed E-state index contributed by atoms with van der Waals surface area (Å²) < 4.78 is 5.23. The van der Waals surface area contributed by atoms with Crippen molar-refractivity contribution in [2.45, 2.75) is 19.4 Å². The van der Waals surface area contributed by atoms with Crippen LogP contribution in [0.3, 0.4) is 0 Å². The molecule has 1 aromatic carbocycles. The van der Waals surface area contributed by atoms with Crippen molar-refractivity contribution in [3.63, 3.8) is 0 Å². The van der Waals surface area contributed by atoms with E-state index in [0.29, 0.717) is 19.6 Å². The lowest BCUT2D eigenvalue weighted by atomic mass is 10.2. The second-order valence-electron chi connectivity index (χ2n) is 3.83. The molecule has 0 radical (unpaired) electrons. The van der Waals surface area contributed by atoms with E-state index in [-0.39, 0.29) is 18.9 Å². The van der Waals surface area contributed by atoms with E-state index in [0.717, 1.165) is 5.56 Å². The number of carboxylic acids is 1. The first-order valence-corrected chi connectivity index (χ1v) is 5.78. The van der Waals surface area contributed by atoms with Gasteiger partial charge in [0.15, 0.2) is 0 Å². The summed E-state index contributed by atoms with van der Waals surface area (Å²) in [4.78, 5) is 21.5. The van der Waals surface area contributed by atoms with E-state index in [9.17, 15) is 9.59 Å². The Hall–Kier alpha value is -1.88. The Balaban J connectivity index is 2.05. The minimum Gasteiger partial charge on any atom is -0.481 e. The molecular weight excluding hydrogens is 234 g/mol. The second kappa shape index (κ2) is 8.25. The number of amides is 1. The molecule has 0 aromatic heterocycles. The largest absolute Gasteiger partial charge is 0.481 e. The molecule has 0 aliphatic rings. The molecule has 0 fully saturated rings. The van der Waals surface area contributed by atoms with Crippen LogP contribution in [0.4, 0.5) is 0 Å². The lowest BCUT2D eigenvalue weighted by Gasteiger charge is -2.05. The summed E-state index contributed by atoms with van der Waals surface area (Å²) in [5, 5.41) is 11.0. The number of ether oxygens (including phenoxy) is 1. The van der Waals surface area contributed by atoms with Crippen molar-refractivity contribution in [1.82, 2.24) is 5.32 Å². The molecule has 0 unspecified atom stereocenters. The average molecular weight is 251 g/mol. The molecule has 98 valence electrons. The zero-order valence-corrected chi connectivity index (χ0v) is 10.1. The van der Waals surface area contributed by atoms with Crippen LogP contribution in [0.25, 0.3) is 0 Å². The number of carboxylic acid groups (broad SMARTS) is 1. The summed E-state index contributed by atoms with van der Waals surface area (Å²) >= 11 is 0. The first-order chi connectivity index (χ1) is 8.68. The third-order valence-corrected chi connectivity index (χ3v) is 2.23. The third kappa shape index (κ3) is 6.65. The minimum absolute atomic E-state index is 0.0119. The van der Waals surface area contributed by atoms with Gasteiger partial charge in [-0.05, 0) is 12.0 Å². The van der Waals surface area contributed by atoms with Gasteiger partial charge in [-0.15, -0.1) is 0 Å². The molecule has 0 aliphatic heterocycles. The first-order valence-electron chi connectivity index (χ1n) is 5.78. The molecule has 0 bridgehead atoms. The number of rotatable bonds is 8. The van der Waals surface area contributed by atoms with Gasteiger partial charge in [0, 0.05) is 13.0 Å². The lowest BCUT2D eigenvalue weighted by Crippen LogP contribution is -2.28. The van der Waals surface area contributed by atoms with Gasteiger partial charge in [0.2, 0.25) is 5.91 Å². The zero-order chi connectivity index (χ0) is 13.2. The van der Waals surface area contributed by atoms with Crippen molar-refractivity contribution in [1.29, 1.82) is 0 Å². The highest BCUT2D eigenvalue weighted by molar-refractivity contribution is 5.77. The van der Waals surface area contributed by atoms with E-state index < -0.39 is 5.97 Å². The molecule has 2 N–H and O–H groups in total. The molecule has 5 nitrogen and oxygen atoms in total. The molecular formula is C13H17NO4. The molecule has 0 heterocycles. The average Bonchev–Trinajstić information content (AvgIpc) is 2.36. The fourth-order valence-electron chi connectivity index (χ4n) is 1.35. The van der Waals surface area contributed by atoms with E-state index in [1.807, 2.05) is 30.3 Å². The van der Waals surface area contributed by atoms with E-state index in [2.05, 4.69) is 5.32 Å². The van der Waals surface area contributed by atoms with Crippen LogP contribution in [0.2, 0.25) is 0 Å². The number of hydrogen-bond donors (Lipinski definition) is 2. The van der Waals surface area contributed by atoms with Gasteiger partial charge < -0.3 is 15.2 Å². The Labute approximate surface area is 106 Å². The minimum atomic E-state index is -0.857. The summed E-state index contributed by atoms with van der Waals surface area (Å²) in [7, 11) is 0. The fourth-order valence-corrected chi connectivity index (χ4v) is 1.35. The molecule has 0 saturated carbocycles. The van der Waals surface area contributed by atoms with Crippen molar-refractivity contribution in [2.24, 2.45) is 0 Å². The van der Waals surface area contributed by atoms with Crippen molar-refractivity contribution in [3.05, 3.63) is 35.9 Å². The maximum absolute atomic E-state index is 11.3. The van der Waals surface area contributed by atoms with Gasteiger partial charge >= 0.3 is 5.97 Å². The standard InChI is InChI=1S/C13H17NO4/c15-12(14-8-4-7-13(16)17)10-18-9-11-5-2-1-3-6-11/h1-3,5-6H,4,7-10H2,(H,14,15)(H,16,17). The van der Waals surface area contributed by atoms with Crippen molar-refractivity contribution in [2.75, 3.05) is 13.2 Å². The Morgan fingerprint density at radius 1 is 1.22 bits per heavy atom. The van der Waals surface area contributed by atoms with Gasteiger partial charge in [0.05, 0.1) is 6.61 Å². The van der Waals surface area contributed by atoms with E-state index >= 15 is 0 Å². The number of carbonyl (C=O) groups excluding carboxylic acids is 1. The molecule has 0 spiro atoms. The summed E-state index contributed by atoms with van der Waals surface area (Å²) in [6.07, 6.45) is 0.491. The SMILES string of the molecule is O=C(O)CCCNC(=O)COCc1ccccc1. The Morgan fingerprint density at radius 2 is 1.94 bits per heavy atom. The number of aliphatic carboxylic acids is 1. The highest BCUT2D eigenvalue weighted by atomic mass is 16.5. The van der Waals surface area contributed by atoms with E-state index in [4.69, 9.17) is 9.84 Å². The fraction of sp³-hybridized carbons (Fsp3) is 0.385. The van der Waals surface area contributed by atoms with Gasteiger partial charge in [-0.3, -0.25) is 9.59 Å². The predicted octanol–water partition coefficient (Wildman–Crippen LogP) is 1.18. The number of hydrogen-bond acceptors (Lipinski definition) is 3. The smallest absolute Gasteiger partial charge is 0.303 e. The van der Waals surface area contributed by atoms with E-state index in [1.165, 1.54) is 0 Å². The zero-order valence-electron chi connectivity index (χ0n) is 10.1. The van der Waals surface area contributed by atoms with Gasteiger partial charge in [-0.2, -0.15) is 0 Å². The topological polar surface area (TPSA) is 75.6 Å². The quantitative estimate of drug-likeness (QED) is 0.680. The van der Waals surface area contributed by atoms with Crippen molar-refractivity contribution >= 4 is 11.9 Å². The molecule has 18 heavy (non-hydrogen) atoms. The van der Waals surface area contributed by atoms with Gasteiger partial charge in [0.25, 0.3) is 0 Å². The van der Waals surface area contributed by atoms with Crippen LogP contribution in [0.1, 0.15) is 18.4 Å². The monoisotopic (exact) mass is 251 g/mol. The molecule has 1 amide bonds. The molecule has 0 saturated heterocycles. The highest BCUT2D eigenvalue weighted by Crippen LogP contribution is 1.99. The Bertz CT molecular complexity index is 378. The van der Waals surface area contributed by atoms with Crippen LogP contribution < -0.4 is 5.32 Å². The Morgan fingerprint density at radius 3 is 2.61 bits per heavy atom. The molecule has 0 aliphatic carbocycles. The highest BCUT2D eigenvalue weighted by Gasteiger charge is 2.02. The van der Waals surface area contributed by atoms with Crippen LogP contribution in [0.5, 0.6) is 0 Å². The number of benzene rings is 1. The number of nitrogens with one attached hydrogen (secondary N) is 1. The van der Waals surface area contributed by atoms with Gasteiger partial charge in [-0.1, -0.05) is 30.3 Å². The summed E-state index contributed by atoms with van der Waals surface area (Å²) in [5.41, 5.74) is 1.01. The number of carbonyl (C=O) groups is 2. The van der Waals surface area contributed by atoms with Gasteiger partial charge in [-0.25, -0.2) is 0 Å². The normalized spacial score (nSPS) is 10.0. The van der Waals surface area contributed by atoms with Crippen LogP contribution in [0.15, 0.2) is 30.3 Å².